The van der Waals surface area contributed by atoms with Crippen molar-refractivity contribution in [1.82, 2.24) is 0 Å². The first kappa shape index (κ1) is 14.1. The molecule has 20 heavy (non-hydrogen) atoms. The van der Waals surface area contributed by atoms with Gasteiger partial charge in [-0.25, -0.2) is 4.39 Å². The molecular weight excluding hydrogens is 259 g/mol. The first-order valence-electron chi connectivity index (χ1n) is 6.33. The van der Waals surface area contributed by atoms with Gasteiger partial charge in [0.05, 0.1) is 12.5 Å². The average Bonchev–Trinajstić information content (AvgIpc) is 2.44. The maximum absolute atomic E-state index is 13.0. The molecule has 0 aliphatic heterocycles. The van der Waals surface area contributed by atoms with Crippen molar-refractivity contribution in [2.24, 2.45) is 0 Å². The van der Waals surface area contributed by atoms with Gasteiger partial charge in [0.2, 0.25) is 0 Å². The van der Waals surface area contributed by atoms with Gasteiger partial charge in [-0.3, -0.25) is 4.79 Å². The van der Waals surface area contributed by atoms with Crippen molar-refractivity contribution >= 4 is 5.97 Å². The van der Waals surface area contributed by atoms with Crippen LogP contribution < -0.4 is 4.74 Å². The van der Waals surface area contributed by atoms with Gasteiger partial charge in [-0.15, -0.1) is 0 Å². The molecule has 0 radical (unpaired) electrons. The number of carboxylic acids is 1. The molecule has 2 rings (SSSR count). The predicted octanol–water partition coefficient (Wildman–Crippen LogP) is 3.46. The van der Waals surface area contributed by atoms with Gasteiger partial charge >= 0.3 is 5.97 Å². The van der Waals surface area contributed by atoms with Gasteiger partial charge in [0.25, 0.3) is 0 Å². The molecule has 104 valence electrons. The molecule has 0 heterocycles. The summed E-state index contributed by atoms with van der Waals surface area (Å²) in [6.07, 6.45) is 0.329. The molecule has 2 aromatic rings. The van der Waals surface area contributed by atoms with Gasteiger partial charge in [0.1, 0.15) is 11.6 Å². The van der Waals surface area contributed by atoms with Crippen LogP contribution in [0.15, 0.2) is 54.6 Å². The molecule has 1 N–H and O–H groups in total. The van der Waals surface area contributed by atoms with Crippen LogP contribution in [0.25, 0.3) is 0 Å². The number of carbonyl (C=O) groups is 1. The summed E-state index contributed by atoms with van der Waals surface area (Å²) >= 11 is 0. The third-order valence-corrected chi connectivity index (χ3v) is 2.97. The third-order valence-electron chi connectivity index (χ3n) is 2.97. The number of hydrogen-bond acceptors (Lipinski definition) is 2. The van der Waals surface area contributed by atoms with E-state index in [1.165, 1.54) is 12.1 Å². The van der Waals surface area contributed by atoms with E-state index in [-0.39, 0.29) is 12.4 Å². The number of ether oxygens (including phenoxy) is 1. The van der Waals surface area contributed by atoms with Gasteiger partial charge in [-0.1, -0.05) is 36.4 Å². The topological polar surface area (TPSA) is 46.5 Å². The van der Waals surface area contributed by atoms with Crippen molar-refractivity contribution in [3.63, 3.8) is 0 Å². The molecule has 0 saturated carbocycles. The molecule has 0 aliphatic carbocycles. The summed E-state index contributed by atoms with van der Waals surface area (Å²) < 4.78 is 18.4. The summed E-state index contributed by atoms with van der Waals surface area (Å²) in [6, 6.07) is 14.8. The highest BCUT2D eigenvalue weighted by molar-refractivity contribution is 5.76. The van der Waals surface area contributed by atoms with Crippen molar-refractivity contribution in [3.05, 3.63) is 66.0 Å². The van der Waals surface area contributed by atoms with Crippen LogP contribution in [0.1, 0.15) is 17.9 Å². The van der Waals surface area contributed by atoms with E-state index in [0.29, 0.717) is 12.2 Å². The minimum Gasteiger partial charge on any atom is -0.493 e. The lowest BCUT2D eigenvalue weighted by Crippen LogP contribution is -2.15. The highest BCUT2D eigenvalue weighted by atomic mass is 19.1. The first-order chi connectivity index (χ1) is 9.66. The minimum atomic E-state index is -0.890. The Kier molecular flexibility index (Phi) is 4.71. The van der Waals surface area contributed by atoms with Gasteiger partial charge < -0.3 is 9.84 Å². The fourth-order valence-corrected chi connectivity index (χ4v) is 1.97. The van der Waals surface area contributed by atoms with E-state index in [2.05, 4.69) is 0 Å². The molecule has 0 aromatic heterocycles. The summed E-state index contributed by atoms with van der Waals surface area (Å²) in [4.78, 5) is 11.3. The summed E-state index contributed by atoms with van der Waals surface area (Å²) in [5.41, 5.74) is 0.739. The van der Waals surface area contributed by atoms with Crippen molar-refractivity contribution in [3.8, 4) is 5.75 Å². The van der Waals surface area contributed by atoms with E-state index < -0.39 is 11.9 Å². The molecule has 0 spiro atoms. The van der Waals surface area contributed by atoms with Crippen molar-refractivity contribution in [2.45, 2.75) is 12.3 Å². The maximum Gasteiger partial charge on any atom is 0.311 e. The highest BCUT2D eigenvalue weighted by Gasteiger charge is 2.19. The molecule has 2 aromatic carbocycles. The van der Waals surface area contributed by atoms with E-state index in [9.17, 15) is 14.3 Å². The monoisotopic (exact) mass is 274 g/mol. The Morgan fingerprint density at radius 1 is 1.15 bits per heavy atom. The highest BCUT2D eigenvalue weighted by Crippen LogP contribution is 2.21. The number of carboxylic acid groups (broad SMARTS) is 1. The van der Waals surface area contributed by atoms with Crippen molar-refractivity contribution < 1.29 is 19.0 Å². The van der Waals surface area contributed by atoms with Gasteiger partial charge in [0.15, 0.2) is 0 Å². The third kappa shape index (κ3) is 3.82. The molecule has 0 bridgehead atoms. The summed E-state index contributed by atoms with van der Waals surface area (Å²) in [6.45, 7) is 0.218. The van der Waals surface area contributed by atoms with E-state index in [0.717, 1.165) is 5.56 Å². The Hall–Kier alpha value is -2.36. The van der Waals surface area contributed by atoms with Gasteiger partial charge in [-0.05, 0) is 24.1 Å². The fourth-order valence-electron chi connectivity index (χ4n) is 1.97. The average molecular weight is 274 g/mol. The van der Waals surface area contributed by atoms with E-state index in [4.69, 9.17) is 4.74 Å². The molecule has 1 unspecified atom stereocenters. The Labute approximate surface area is 116 Å². The Morgan fingerprint density at radius 3 is 2.55 bits per heavy atom. The zero-order chi connectivity index (χ0) is 14.4. The minimum absolute atomic E-state index is 0.218. The van der Waals surface area contributed by atoms with Gasteiger partial charge in [0, 0.05) is 6.07 Å². The lowest BCUT2D eigenvalue weighted by Gasteiger charge is -2.13. The van der Waals surface area contributed by atoms with Crippen LogP contribution in [0.4, 0.5) is 4.39 Å². The number of rotatable bonds is 6. The Bertz CT molecular complexity index is 569. The predicted molar refractivity (Wildman–Crippen MR) is 73.3 cm³/mol. The zero-order valence-corrected chi connectivity index (χ0v) is 10.8. The SMILES string of the molecule is O=C(O)C(CCOc1cccc(F)c1)c1ccccc1. The lowest BCUT2D eigenvalue weighted by atomic mass is 9.96. The second-order valence-corrected chi connectivity index (χ2v) is 4.40. The second kappa shape index (κ2) is 6.70. The van der Waals surface area contributed by atoms with Crippen LogP contribution in [-0.2, 0) is 4.79 Å². The molecule has 0 aliphatic rings. The first-order valence-corrected chi connectivity index (χ1v) is 6.33. The molecule has 0 fully saturated rings. The van der Waals surface area contributed by atoms with Crippen LogP contribution in [-0.4, -0.2) is 17.7 Å². The standard InChI is InChI=1S/C16H15FO3/c17-13-7-4-8-14(11-13)20-10-9-15(16(18)19)12-5-2-1-3-6-12/h1-8,11,15H,9-10H2,(H,18,19). The zero-order valence-electron chi connectivity index (χ0n) is 10.8. The molecule has 4 heteroatoms. The molecule has 1 atom stereocenters. The van der Waals surface area contributed by atoms with Crippen LogP contribution in [0.2, 0.25) is 0 Å². The van der Waals surface area contributed by atoms with E-state index in [1.807, 2.05) is 6.07 Å². The van der Waals surface area contributed by atoms with Crippen LogP contribution in [0.3, 0.4) is 0 Å². The number of benzene rings is 2. The summed E-state index contributed by atoms with van der Waals surface area (Å²) in [5.74, 6) is -1.48. The smallest absolute Gasteiger partial charge is 0.311 e. The van der Waals surface area contributed by atoms with Gasteiger partial charge in [-0.2, -0.15) is 0 Å². The van der Waals surface area contributed by atoms with Crippen LogP contribution in [0.5, 0.6) is 5.75 Å². The number of halogens is 1. The molecular formula is C16H15FO3. The van der Waals surface area contributed by atoms with Crippen molar-refractivity contribution in [1.29, 1.82) is 0 Å². The summed E-state index contributed by atoms with van der Waals surface area (Å²) in [7, 11) is 0. The lowest BCUT2D eigenvalue weighted by molar-refractivity contribution is -0.139. The van der Waals surface area contributed by atoms with Crippen LogP contribution in [0, 0.1) is 5.82 Å². The fraction of sp³-hybridized carbons (Fsp3) is 0.188. The van der Waals surface area contributed by atoms with E-state index >= 15 is 0 Å². The van der Waals surface area contributed by atoms with Crippen molar-refractivity contribution in [2.75, 3.05) is 6.61 Å². The molecule has 0 amide bonds. The number of aliphatic carboxylic acids is 1. The van der Waals surface area contributed by atoms with Crippen LogP contribution >= 0.6 is 0 Å². The Morgan fingerprint density at radius 2 is 1.90 bits per heavy atom. The normalized spacial score (nSPS) is 11.8. The molecule has 3 nitrogen and oxygen atoms in total. The summed E-state index contributed by atoms with van der Waals surface area (Å²) in [5, 5.41) is 9.25. The molecule has 0 saturated heterocycles. The quantitative estimate of drug-likeness (QED) is 0.877. The Balaban J connectivity index is 1.95. The van der Waals surface area contributed by atoms with E-state index in [1.54, 1.807) is 36.4 Å². The number of hydrogen-bond donors (Lipinski definition) is 1. The second-order valence-electron chi connectivity index (χ2n) is 4.40. The largest absolute Gasteiger partial charge is 0.493 e. The maximum atomic E-state index is 13.0.